The second-order valence-electron chi connectivity index (χ2n) is 6.66. The number of Topliss-reactive ketones (excluding diaryl/α,β-unsaturated/α-hetero) is 1. The molecule has 0 aliphatic carbocycles. The van der Waals surface area contributed by atoms with Gasteiger partial charge in [-0.2, -0.15) is 0 Å². The lowest BCUT2D eigenvalue weighted by molar-refractivity contribution is -0.140. The van der Waals surface area contributed by atoms with Crippen LogP contribution < -0.4 is 4.74 Å². The predicted octanol–water partition coefficient (Wildman–Crippen LogP) is 2.86. The third kappa shape index (κ3) is 4.09. The lowest BCUT2D eigenvalue weighted by Crippen LogP contribution is -2.31. The van der Waals surface area contributed by atoms with Crippen molar-refractivity contribution in [2.45, 2.75) is 12.5 Å². The maximum atomic E-state index is 12.8. The van der Waals surface area contributed by atoms with E-state index in [1.807, 2.05) is 0 Å². The molecular weight excluding hydrogens is 374 g/mol. The van der Waals surface area contributed by atoms with Crippen molar-refractivity contribution in [1.29, 1.82) is 0 Å². The van der Waals surface area contributed by atoms with Crippen LogP contribution in [0.1, 0.15) is 23.6 Å². The Morgan fingerprint density at radius 2 is 1.69 bits per heavy atom. The molecule has 0 spiro atoms. The van der Waals surface area contributed by atoms with Crippen LogP contribution in [-0.4, -0.2) is 54.2 Å². The van der Waals surface area contributed by atoms with Gasteiger partial charge in [-0.3, -0.25) is 9.59 Å². The number of carbonyl (C=O) groups is 2. The van der Waals surface area contributed by atoms with Crippen molar-refractivity contribution >= 4 is 17.4 Å². The molecule has 1 heterocycles. The molecule has 2 aromatic carbocycles. The topological polar surface area (TPSA) is 96.3 Å². The first kappa shape index (κ1) is 20.4. The molecule has 7 heteroatoms. The number of ether oxygens (including phenoxy) is 2. The number of nitrogens with zero attached hydrogens (tertiary/aromatic N) is 1. The second kappa shape index (κ2) is 8.79. The second-order valence-corrected chi connectivity index (χ2v) is 6.66. The number of methoxy groups -OCH3 is 2. The summed E-state index contributed by atoms with van der Waals surface area (Å²) in [5.41, 5.74) is 1.04. The molecule has 0 aromatic heterocycles. The van der Waals surface area contributed by atoms with Crippen LogP contribution in [0.3, 0.4) is 0 Å². The minimum absolute atomic E-state index is 0.0169. The van der Waals surface area contributed by atoms with Gasteiger partial charge < -0.3 is 24.6 Å². The molecule has 3 rings (SSSR count). The number of hydrogen-bond acceptors (Lipinski definition) is 6. The molecular formula is C22H23NO6. The maximum absolute atomic E-state index is 12.8. The zero-order valence-electron chi connectivity index (χ0n) is 16.3. The monoisotopic (exact) mass is 397 g/mol. The number of rotatable bonds is 7. The van der Waals surface area contributed by atoms with Gasteiger partial charge in [0.1, 0.15) is 17.3 Å². The minimum atomic E-state index is -0.755. The third-order valence-electron chi connectivity index (χ3n) is 4.86. The van der Waals surface area contributed by atoms with Crippen molar-refractivity contribution < 1.29 is 29.3 Å². The first-order chi connectivity index (χ1) is 14.0. The van der Waals surface area contributed by atoms with Gasteiger partial charge in [0.15, 0.2) is 0 Å². The van der Waals surface area contributed by atoms with Crippen LogP contribution >= 0.6 is 0 Å². The van der Waals surface area contributed by atoms with Gasteiger partial charge in [0.05, 0.1) is 18.7 Å². The molecule has 1 aliphatic heterocycles. The van der Waals surface area contributed by atoms with Gasteiger partial charge in [0.2, 0.25) is 0 Å². The average Bonchev–Trinajstić information content (AvgIpc) is 2.99. The molecule has 0 unspecified atom stereocenters. The van der Waals surface area contributed by atoms with Crippen LogP contribution in [0.2, 0.25) is 0 Å². The number of ketones is 1. The van der Waals surface area contributed by atoms with E-state index in [1.54, 1.807) is 43.5 Å². The van der Waals surface area contributed by atoms with E-state index in [2.05, 4.69) is 0 Å². The Morgan fingerprint density at radius 1 is 1.03 bits per heavy atom. The van der Waals surface area contributed by atoms with Gasteiger partial charge >= 0.3 is 0 Å². The number of aromatic hydroxyl groups is 1. The normalized spacial score (nSPS) is 18.3. The summed E-state index contributed by atoms with van der Waals surface area (Å²) in [6, 6.07) is 12.1. The summed E-state index contributed by atoms with van der Waals surface area (Å²) < 4.78 is 10.2. The third-order valence-corrected chi connectivity index (χ3v) is 4.86. The van der Waals surface area contributed by atoms with E-state index < -0.39 is 17.7 Å². The van der Waals surface area contributed by atoms with Gasteiger partial charge in [0, 0.05) is 25.8 Å². The lowest BCUT2D eigenvalue weighted by atomic mass is 9.95. The molecule has 2 N–H and O–H groups in total. The fraction of sp³-hybridized carbons (Fsp3) is 0.273. The van der Waals surface area contributed by atoms with Crippen LogP contribution in [0.5, 0.6) is 11.5 Å². The van der Waals surface area contributed by atoms with E-state index in [-0.39, 0.29) is 17.1 Å². The van der Waals surface area contributed by atoms with Crippen LogP contribution in [0.4, 0.5) is 0 Å². The Hall–Kier alpha value is -3.32. The van der Waals surface area contributed by atoms with E-state index in [4.69, 9.17) is 9.47 Å². The number of aliphatic hydroxyl groups excluding tert-OH is 1. The van der Waals surface area contributed by atoms with Gasteiger partial charge in [0.25, 0.3) is 11.7 Å². The highest BCUT2D eigenvalue weighted by atomic mass is 16.5. The van der Waals surface area contributed by atoms with E-state index >= 15 is 0 Å². The number of aliphatic hydroxyl groups is 1. The Labute approximate surface area is 168 Å². The molecule has 2 aromatic rings. The smallest absolute Gasteiger partial charge is 0.295 e. The van der Waals surface area contributed by atoms with Crippen molar-refractivity contribution in [3.05, 3.63) is 65.2 Å². The van der Waals surface area contributed by atoms with Crippen molar-refractivity contribution in [2.24, 2.45) is 0 Å². The number of phenols is 1. The molecule has 0 radical (unpaired) electrons. The fourth-order valence-corrected chi connectivity index (χ4v) is 3.40. The highest BCUT2D eigenvalue weighted by Crippen LogP contribution is 2.39. The number of phenolic OH excluding ortho intramolecular Hbond substituents is 1. The van der Waals surface area contributed by atoms with Crippen LogP contribution in [0, 0.1) is 0 Å². The molecule has 1 aliphatic rings. The van der Waals surface area contributed by atoms with Crippen LogP contribution in [-0.2, 0) is 14.3 Å². The van der Waals surface area contributed by atoms with Gasteiger partial charge in [-0.15, -0.1) is 0 Å². The maximum Gasteiger partial charge on any atom is 0.295 e. The molecule has 29 heavy (non-hydrogen) atoms. The van der Waals surface area contributed by atoms with Crippen molar-refractivity contribution in [3.8, 4) is 11.5 Å². The zero-order chi connectivity index (χ0) is 21.0. The van der Waals surface area contributed by atoms with E-state index in [9.17, 15) is 19.8 Å². The summed E-state index contributed by atoms with van der Waals surface area (Å²) in [6.07, 6.45) is 0.542. The Bertz CT molecular complexity index is 917. The molecule has 152 valence electrons. The van der Waals surface area contributed by atoms with E-state index in [0.29, 0.717) is 36.4 Å². The summed E-state index contributed by atoms with van der Waals surface area (Å²) in [4.78, 5) is 27.0. The first-order valence-corrected chi connectivity index (χ1v) is 9.18. The first-order valence-electron chi connectivity index (χ1n) is 9.18. The Balaban J connectivity index is 2.09. The average molecular weight is 397 g/mol. The molecule has 1 atom stereocenters. The highest BCUT2D eigenvalue weighted by molar-refractivity contribution is 6.46. The van der Waals surface area contributed by atoms with Crippen molar-refractivity contribution in [2.75, 3.05) is 27.4 Å². The molecule has 7 nitrogen and oxygen atoms in total. The Morgan fingerprint density at radius 3 is 2.28 bits per heavy atom. The fourth-order valence-electron chi connectivity index (χ4n) is 3.40. The summed E-state index contributed by atoms with van der Waals surface area (Å²) in [7, 11) is 3.10. The summed E-state index contributed by atoms with van der Waals surface area (Å²) in [5, 5.41) is 20.5. The Kier molecular flexibility index (Phi) is 6.19. The summed E-state index contributed by atoms with van der Waals surface area (Å²) >= 11 is 0. The summed E-state index contributed by atoms with van der Waals surface area (Å²) in [5.74, 6) is -0.988. The van der Waals surface area contributed by atoms with Crippen molar-refractivity contribution in [3.63, 3.8) is 0 Å². The van der Waals surface area contributed by atoms with Crippen LogP contribution in [0.25, 0.3) is 5.76 Å². The zero-order valence-corrected chi connectivity index (χ0v) is 16.3. The minimum Gasteiger partial charge on any atom is -0.508 e. The SMILES string of the molecule is COCCCN1C(=O)C(=O)/C(=C(/O)c2ccc(OC)cc2)[C@H]1c1ccc(O)cc1. The standard InChI is InChI=1S/C22H23NO6/c1-28-13-3-12-23-19(14-4-8-16(24)9-5-14)18(21(26)22(23)27)20(25)15-6-10-17(29-2)11-7-15/h4-11,19,24-25H,3,12-13H2,1-2H3/b20-18+/t19-/m1/s1. The number of hydrogen-bond donors (Lipinski definition) is 2. The van der Waals surface area contributed by atoms with Gasteiger partial charge in [-0.05, 0) is 48.4 Å². The van der Waals surface area contributed by atoms with Crippen LogP contribution in [0.15, 0.2) is 54.1 Å². The van der Waals surface area contributed by atoms with Gasteiger partial charge in [-0.25, -0.2) is 0 Å². The van der Waals surface area contributed by atoms with E-state index in [1.165, 1.54) is 24.1 Å². The summed E-state index contributed by atoms with van der Waals surface area (Å²) in [6.45, 7) is 0.729. The lowest BCUT2D eigenvalue weighted by Gasteiger charge is -2.25. The number of likely N-dealkylation sites (tertiary alicyclic amines) is 1. The number of benzene rings is 2. The highest BCUT2D eigenvalue weighted by Gasteiger charge is 2.45. The van der Waals surface area contributed by atoms with Gasteiger partial charge in [-0.1, -0.05) is 12.1 Å². The predicted molar refractivity (Wildman–Crippen MR) is 107 cm³/mol. The molecule has 1 saturated heterocycles. The van der Waals surface area contributed by atoms with Crippen molar-refractivity contribution in [1.82, 2.24) is 4.90 Å². The number of amides is 1. The molecule has 1 fully saturated rings. The quantitative estimate of drug-likeness (QED) is 0.323. The molecule has 0 bridgehead atoms. The molecule has 1 amide bonds. The molecule has 0 saturated carbocycles. The largest absolute Gasteiger partial charge is 0.508 e. The number of carbonyl (C=O) groups excluding carboxylic acids is 2. The van der Waals surface area contributed by atoms with E-state index in [0.717, 1.165) is 0 Å².